The zero-order chi connectivity index (χ0) is 24.8. The minimum Gasteiger partial charge on any atom is -0.493 e. The number of hydrogen-bond acceptors (Lipinski definition) is 4. The van der Waals surface area contributed by atoms with Crippen LogP contribution in [0.5, 0.6) is 11.5 Å². The van der Waals surface area contributed by atoms with E-state index in [1.807, 2.05) is 6.92 Å². The number of benzene rings is 2. The highest BCUT2D eigenvalue weighted by atomic mass is 19.4. The summed E-state index contributed by atoms with van der Waals surface area (Å²) >= 11 is 0. The van der Waals surface area contributed by atoms with Gasteiger partial charge in [-0.05, 0) is 30.7 Å². The van der Waals surface area contributed by atoms with Crippen molar-refractivity contribution in [3.8, 4) is 11.5 Å². The number of ether oxygens (including phenoxy) is 2. The fourth-order valence-electron chi connectivity index (χ4n) is 3.85. The maximum Gasteiger partial charge on any atom is 0.430 e. The summed E-state index contributed by atoms with van der Waals surface area (Å²) in [7, 11) is 2.59. The molecule has 1 N–H and O–H groups in total. The average Bonchev–Trinajstić information content (AvgIpc) is 2.75. The van der Waals surface area contributed by atoms with Crippen LogP contribution in [0.2, 0.25) is 0 Å². The Hall–Kier alpha value is -2.95. The number of unbranched alkanes of at least 4 members (excludes halogenated alkanes) is 1. The Morgan fingerprint density at radius 1 is 0.939 bits per heavy atom. The minimum atomic E-state index is -6.04. The summed E-state index contributed by atoms with van der Waals surface area (Å²) < 4.78 is 92.6. The molecule has 0 saturated carbocycles. The molecule has 0 aliphatic heterocycles. The highest BCUT2D eigenvalue weighted by molar-refractivity contribution is 6.08. The van der Waals surface area contributed by atoms with Gasteiger partial charge in [0, 0.05) is 22.9 Å². The van der Waals surface area contributed by atoms with Crippen LogP contribution in [0.1, 0.15) is 25.3 Å². The van der Waals surface area contributed by atoms with Gasteiger partial charge in [-0.1, -0.05) is 19.4 Å². The first-order chi connectivity index (χ1) is 15.3. The molecule has 1 heterocycles. The first-order valence-corrected chi connectivity index (χ1v) is 9.91. The Balaban J connectivity index is 2.53. The molecule has 0 amide bonds. The summed E-state index contributed by atoms with van der Waals surface area (Å²) in [5.74, 6) is 0.168. The van der Waals surface area contributed by atoms with E-state index < -0.39 is 29.1 Å². The molecular formula is C22H21F6NO4. The van der Waals surface area contributed by atoms with Crippen molar-refractivity contribution in [1.29, 1.82) is 0 Å². The minimum absolute atomic E-state index is 0.000504. The lowest BCUT2D eigenvalue weighted by atomic mass is 9.90. The molecule has 1 aromatic heterocycles. The first kappa shape index (κ1) is 24.7. The van der Waals surface area contributed by atoms with E-state index in [-0.39, 0.29) is 39.7 Å². The van der Waals surface area contributed by atoms with Crippen LogP contribution >= 0.6 is 0 Å². The predicted octanol–water partition coefficient (Wildman–Crippen LogP) is 5.28. The van der Waals surface area contributed by atoms with Crippen LogP contribution in [0.15, 0.2) is 35.1 Å². The van der Waals surface area contributed by atoms with Gasteiger partial charge in [-0.15, -0.1) is 0 Å². The SMILES string of the molecule is CCCCn1c(=O)c2c(OC)c(OC)ccc2c2cc(C(O)(C(F)(F)F)C(F)(F)F)ccc21. The zero-order valence-corrected chi connectivity index (χ0v) is 17.9. The lowest BCUT2D eigenvalue weighted by Gasteiger charge is -2.33. The molecule has 0 aliphatic carbocycles. The second-order valence-corrected chi connectivity index (χ2v) is 7.47. The van der Waals surface area contributed by atoms with Gasteiger partial charge in [0.25, 0.3) is 11.2 Å². The molecule has 3 aromatic rings. The molecule has 33 heavy (non-hydrogen) atoms. The molecule has 5 nitrogen and oxygen atoms in total. The van der Waals surface area contributed by atoms with Crippen LogP contribution in [0.3, 0.4) is 0 Å². The maximum atomic E-state index is 13.5. The second kappa shape index (κ2) is 8.44. The van der Waals surface area contributed by atoms with Gasteiger partial charge in [-0.3, -0.25) is 4.79 Å². The number of fused-ring (bicyclic) bond motifs is 3. The summed E-state index contributed by atoms with van der Waals surface area (Å²) in [4.78, 5) is 13.3. The highest BCUT2D eigenvalue weighted by Gasteiger charge is 2.71. The van der Waals surface area contributed by atoms with Crippen molar-refractivity contribution in [2.24, 2.45) is 0 Å². The van der Waals surface area contributed by atoms with E-state index >= 15 is 0 Å². The topological polar surface area (TPSA) is 60.7 Å². The second-order valence-electron chi connectivity index (χ2n) is 7.47. The van der Waals surface area contributed by atoms with E-state index in [9.17, 15) is 36.2 Å². The fourth-order valence-corrected chi connectivity index (χ4v) is 3.85. The van der Waals surface area contributed by atoms with Gasteiger partial charge in [0.15, 0.2) is 11.5 Å². The molecule has 0 fully saturated rings. The third kappa shape index (κ3) is 3.77. The predicted molar refractivity (Wildman–Crippen MR) is 110 cm³/mol. The highest BCUT2D eigenvalue weighted by Crippen LogP contribution is 2.50. The summed E-state index contributed by atoms with van der Waals surface area (Å²) in [5.41, 5.74) is -6.91. The summed E-state index contributed by atoms with van der Waals surface area (Å²) in [6.07, 6.45) is -10.9. The molecule has 3 rings (SSSR count). The lowest BCUT2D eigenvalue weighted by Crippen LogP contribution is -2.53. The van der Waals surface area contributed by atoms with Crippen molar-refractivity contribution >= 4 is 21.7 Å². The fraction of sp³-hybridized carbons (Fsp3) is 0.409. The lowest BCUT2D eigenvalue weighted by molar-refractivity contribution is -0.376. The van der Waals surface area contributed by atoms with E-state index in [0.717, 1.165) is 6.07 Å². The molecule has 0 spiro atoms. The molecule has 2 aromatic carbocycles. The molecule has 0 radical (unpaired) electrons. The van der Waals surface area contributed by atoms with Gasteiger partial charge in [0.2, 0.25) is 0 Å². The monoisotopic (exact) mass is 477 g/mol. The molecular weight excluding hydrogens is 456 g/mol. The van der Waals surface area contributed by atoms with Crippen LogP contribution in [0, 0.1) is 0 Å². The molecule has 0 atom stereocenters. The van der Waals surface area contributed by atoms with Crippen molar-refractivity contribution in [2.75, 3.05) is 14.2 Å². The van der Waals surface area contributed by atoms with E-state index in [4.69, 9.17) is 9.47 Å². The number of aliphatic hydroxyl groups is 1. The van der Waals surface area contributed by atoms with E-state index in [0.29, 0.717) is 25.0 Å². The van der Waals surface area contributed by atoms with Crippen LogP contribution in [-0.2, 0) is 12.1 Å². The van der Waals surface area contributed by atoms with Crippen molar-refractivity contribution in [3.63, 3.8) is 0 Å². The third-order valence-corrected chi connectivity index (χ3v) is 5.56. The van der Waals surface area contributed by atoms with E-state index in [2.05, 4.69) is 0 Å². The summed E-state index contributed by atoms with van der Waals surface area (Å²) in [6.45, 7) is 2.03. The molecule has 0 unspecified atom stereocenters. The normalized spacial score (nSPS) is 13.0. The average molecular weight is 477 g/mol. The van der Waals surface area contributed by atoms with Gasteiger partial charge in [-0.2, -0.15) is 26.3 Å². The molecule has 0 aliphatic rings. The number of aryl methyl sites for hydroxylation is 1. The van der Waals surface area contributed by atoms with Gasteiger partial charge in [-0.25, -0.2) is 0 Å². The van der Waals surface area contributed by atoms with Crippen molar-refractivity contribution in [2.45, 2.75) is 44.3 Å². The van der Waals surface area contributed by atoms with E-state index in [1.54, 1.807) is 0 Å². The van der Waals surface area contributed by atoms with Crippen molar-refractivity contribution in [1.82, 2.24) is 4.57 Å². The zero-order valence-electron chi connectivity index (χ0n) is 17.9. The van der Waals surface area contributed by atoms with Crippen LogP contribution in [0.25, 0.3) is 21.7 Å². The molecule has 11 heteroatoms. The Bertz CT molecular complexity index is 1230. The van der Waals surface area contributed by atoms with Gasteiger partial charge in [0.1, 0.15) is 0 Å². The van der Waals surface area contributed by atoms with Crippen molar-refractivity contribution < 1.29 is 40.9 Å². The maximum absolute atomic E-state index is 13.5. The van der Waals surface area contributed by atoms with Gasteiger partial charge >= 0.3 is 12.4 Å². The van der Waals surface area contributed by atoms with E-state index in [1.165, 1.54) is 30.9 Å². The first-order valence-electron chi connectivity index (χ1n) is 9.91. The number of aromatic nitrogens is 1. The number of rotatable bonds is 6. The number of nitrogens with zero attached hydrogens (tertiary/aromatic N) is 1. The van der Waals surface area contributed by atoms with Crippen LogP contribution < -0.4 is 15.0 Å². The Morgan fingerprint density at radius 2 is 1.58 bits per heavy atom. The summed E-state index contributed by atoms with van der Waals surface area (Å²) in [6, 6.07) is 4.89. The largest absolute Gasteiger partial charge is 0.493 e. The Morgan fingerprint density at radius 3 is 2.09 bits per heavy atom. The van der Waals surface area contributed by atoms with Crippen LogP contribution in [0.4, 0.5) is 26.3 Å². The van der Waals surface area contributed by atoms with Crippen LogP contribution in [-0.4, -0.2) is 36.2 Å². The van der Waals surface area contributed by atoms with Crippen molar-refractivity contribution in [3.05, 3.63) is 46.2 Å². The number of methoxy groups -OCH3 is 2. The quantitative estimate of drug-likeness (QED) is 0.388. The number of pyridine rings is 1. The number of hydrogen-bond donors (Lipinski definition) is 1. The van der Waals surface area contributed by atoms with Gasteiger partial charge in [0.05, 0.1) is 25.1 Å². The Labute approximate surface area is 184 Å². The molecule has 0 bridgehead atoms. The Kier molecular flexibility index (Phi) is 6.31. The third-order valence-electron chi connectivity index (χ3n) is 5.56. The smallest absolute Gasteiger partial charge is 0.430 e. The molecule has 180 valence electrons. The summed E-state index contributed by atoms with van der Waals surface area (Å²) in [5, 5.41) is 9.80. The molecule has 0 saturated heterocycles. The number of alkyl halides is 6. The van der Waals surface area contributed by atoms with Gasteiger partial charge < -0.3 is 19.1 Å². The number of halogens is 6. The standard InChI is InChI=1S/C22H21F6NO4/c1-4-5-10-29-15-8-6-12(20(31,21(23,24)25)22(26,27)28)11-14(15)13-7-9-16(32-2)18(33-3)17(13)19(29)30/h6-9,11,31H,4-5,10H2,1-3H3.